The molecule has 1 aromatic carbocycles. The largest absolute Gasteiger partial charge is 0.208 e. The van der Waals surface area contributed by atoms with Crippen LogP contribution in [0.3, 0.4) is 0 Å². The monoisotopic (exact) mass is 248 g/mol. The van der Waals surface area contributed by atoms with Gasteiger partial charge in [0.15, 0.2) is 0 Å². The molecule has 0 fully saturated rings. The van der Waals surface area contributed by atoms with Crippen LogP contribution in [-0.4, -0.2) is 0 Å². The molecule has 0 aliphatic heterocycles. The fourth-order valence-electron chi connectivity index (χ4n) is 1.55. The van der Waals surface area contributed by atoms with E-state index in [4.69, 9.17) is 0 Å². The quantitative estimate of drug-likeness (QED) is 0.488. The Morgan fingerprint density at radius 3 is 2.78 bits per heavy atom. The van der Waals surface area contributed by atoms with E-state index in [9.17, 15) is 8.78 Å². The number of hydrogen-bond acceptors (Lipinski definition) is 0. The number of benzene rings is 1. The minimum atomic E-state index is -0.449. The van der Waals surface area contributed by atoms with E-state index in [0.29, 0.717) is 5.56 Å². The summed E-state index contributed by atoms with van der Waals surface area (Å²) in [5.74, 6) is -0.595. The molecule has 2 heteroatoms. The maximum absolute atomic E-state index is 13.3. The normalized spacial score (nSPS) is 11.5. The average molecular weight is 248 g/mol. The third kappa shape index (κ3) is 5.58. The molecule has 1 aromatic rings. The summed E-state index contributed by atoms with van der Waals surface area (Å²) in [4.78, 5) is 0. The summed E-state index contributed by atoms with van der Waals surface area (Å²) in [6, 6.07) is 5.34. The molecule has 0 amide bonds. The second-order valence-electron chi connectivity index (χ2n) is 4.21. The molecule has 0 bridgehead atoms. The van der Waals surface area contributed by atoms with Crippen molar-refractivity contribution in [2.24, 2.45) is 0 Å². The van der Waals surface area contributed by atoms with Crippen molar-refractivity contribution in [1.29, 1.82) is 0 Å². The molecule has 0 unspecified atom stereocenters. The summed E-state index contributed by atoms with van der Waals surface area (Å²) < 4.78 is 25.5. The first-order chi connectivity index (χ1) is 8.59. The van der Waals surface area contributed by atoms with Gasteiger partial charge in [-0.15, -0.1) is 0 Å². The maximum Gasteiger partial charge on any atom is 0.126 e. The van der Waals surface area contributed by atoms with Gasteiger partial charge in [-0.1, -0.05) is 36.9 Å². The van der Waals surface area contributed by atoms with Crippen molar-refractivity contribution in [2.75, 3.05) is 0 Å². The summed E-state index contributed by atoms with van der Waals surface area (Å²) >= 11 is 0. The highest BCUT2D eigenvalue weighted by atomic mass is 19.1. The third-order valence-corrected chi connectivity index (χ3v) is 2.60. The number of hydrogen-bond donors (Lipinski definition) is 0. The Hall–Kier alpha value is -1.70. The summed E-state index contributed by atoms with van der Waals surface area (Å²) in [7, 11) is 0. The Morgan fingerprint density at radius 2 is 2.11 bits per heavy atom. The van der Waals surface area contributed by atoms with Crippen LogP contribution in [0, 0.1) is 12.7 Å². The molecule has 0 atom stereocenters. The van der Waals surface area contributed by atoms with Gasteiger partial charge in [0.2, 0.25) is 0 Å². The molecular weight excluding hydrogens is 230 g/mol. The Kier molecular flexibility index (Phi) is 6.06. The lowest BCUT2D eigenvalue weighted by Crippen LogP contribution is -1.88. The van der Waals surface area contributed by atoms with Crippen molar-refractivity contribution >= 4 is 0 Å². The van der Waals surface area contributed by atoms with E-state index in [-0.39, 0.29) is 5.82 Å². The molecule has 96 valence electrons. The zero-order valence-electron chi connectivity index (χ0n) is 10.6. The van der Waals surface area contributed by atoms with E-state index in [1.54, 1.807) is 31.2 Å². The first-order valence-electron chi connectivity index (χ1n) is 6.02. The summed E-state index contributed by atoms with van der Waals surface area (Å²) in [5.41, 5.74) is 1.69. The van der Waals surface area contributed by atoms with Crippen LogP contribution in [0.5, 0.6) is 0 Å². The first-order valence-corrected chi connectivity index (χ1v) is 6.02. The van der Waals surface area contributed by atoms with E-state index < -0.39 is 5.83 Å². The van der Waals surface area contributed by atoms with Crippen LogP contribution < -0.4 is 0 Å². The van der Waals surface area contributed by atoms with E-state index in [2.05, 4.69) is 6.58 Å². The zero-order valence-corrected chi connectivity index (χ0v) is 10.6. The van der Waals surface area contributed by atoms with Gasteiger partial charge in [-0.3, -0.25) is 0 Å². The highest BCUT2D eigenvalue weighted by molar-refractivity contribution is 5.23. The Bertz CT molecular complexity index is 456. The summed E-state index contributed by atoms with van der Waals surface area (Å²) in [5, 5.41) is 0. The van der Waals surface area contributed by atoms with Crippen molar-refractivity contribution in [3.05, 3.63) is 71.9 Å². The molecule has 0 aliphatic rings. The first kappa shape index (κ1) is 14.4. The molecular formula is C16H18F2. The van der Waals surface area contributed by atoms with Gasteiger partial charge >= 0.3 is 0 Å². The Morgan fingerprint density at radius 1 is 1.33 bits per heavy atom. The third-order valence-electron chi connectivity index (χ3n) is 2.60. The van der Waals surface area contributed by atoms with Crippen molar-refractivity contribution in [3.63, 3.8) is 0 Å². The fraction of sp³-hybridized carbons (Fsp3) is 0.250. The average Bonchev–Trinajstić information content (AvgIpc) is 2.32. The second kappa shape index (κ2) is 7.59. The van der Waals surface area contributed by atoms with Gasteiger partial charge in [-0.05, 0) is 49.5 Å². The number of allylic oxidation sites excluding steroid dienone is 5. The SMILES string of the molecule is C=C(F)/C=C\C=C/CCCc1ccc(C)c(F)c1. The van der Waals surface area contributed by atoms with Crippen LogP contribution in [0.2, 0.25) is 0 Å². The van der Waals surface area contributed by atoms with Crippen LogP contribution in [0.4, 0.5) is 8.78 Å². The Labute approximate surface area is 107 Å². The number of aryl methyl sites for hydroxylation is 2. The van der Waals surface area contributed by atoms with Gasteiger partial charge in [0.25, 0.3) is 0 Å². The number of rotatable bonds is 6. The molecule has 0 nitrogen and oxygen atoms in total. The maximum atomic E-state index is 13.3. The van der Waals surface area contributed by atoms with E-state index in [0.717, 1.165) is 24.8 Å². The van der Waals surface area contributed by atoms with Crippen LogP contribution in [0.25, 0.3) is 0 Å². The molecule has 0 radical (unpaired) electrons. The van der Waals surface area contributed by atoms with Crippen molar-refractivity contribution in [2.45, 2.75) is 26.2 Å². The summed E-state index contributed by atoms with van der Waals surface area (Å²) in [6.07, 6.45) is 9.37. The van der Waals surface area contributed by atoms with E-state index >= 15 is 0 Å². The van der Waals surface area contributed by atoms with Crippen LogP contribution in [0.1, 0.15) is 24.0 Å². The second-order valence-corrected chi connectivity index (χ2v) is 4.21. The molecule has 0 spiro atoms. The molecule has 18 heavy (non-hydrogen) atoms. The van der Waals surface area contributed by atoms with Gasteiger partial charge in [0, 0.05) is 0 Å². The predicted molar refractivity (Wildman–Crippen MR) is 72.6 cm³/mol. The molecule has 0 saturated carbocycles. The number of unbranched alkanes of at least 4 members (excludes halogenated alkanes) is 1. The van der Waals surface area contributed by atoms with Gasteiger partial charge in [0.05, 0.1) is 0 Å². The summed E-state index contributed by atoms with van der Waals surface area (Å²) in [6.45, 7) is 4.88. The van der Waals surface area contributed by atoms with Gasteiger partial charge in [-0.25, -0.2) is 8.78 Å². The Balaban J connectivity index is 2.29. The smallest absolute Gasteiger partial charge is 0.126 e. The van der Waals surface area contributed by atoms with Crippen LogP contribution >= 0.6 is 0 Å². The molecule has 0 heterocycles. The molecule has 0 saturated heterocycles. The minimum Gasteiger partial charge on any atom is -0.208 e. The highest BCUT2D eigenvalue weighted by Gasteiger charge is 1.98. The number of halogens is 2. The van der Waals surface area contributed by atoms with E-state index in [1.165, 1.54) is 6.08 Å². The fourth-order valence-corrected chi connectivity index (χ4v) is 1.55. The van der Waals surface area contributed by atoms with Crippen molar-refractivity contribution in [3.8, 4) is 0 Å². The highest BCUT2D eigenvalue weighted by Crippen LogP contribution is 2.11. The van der Waals surface area contributed by atoms with Gasteiger partial charge in [0.1, 0.15) is 11.6 Å². The predicted octanol–water partition coefficient (Wildman–Crippen LogP) is 5.05. The molecule has 1 rings (SSSR count). The topological polar surface area (TPSA) is 0 Å². The molecule has 0 aliphatic carbocycles. The standard InChI is InChI=1S/C16H18F2/c1-13-10-11-15(12-16(13)18)9-7-5-3-4-6-8-14(2)17/h3-4,6,8,10-12H,2,5,7,9H2,1H3/b4-3-,8-6-. The van der Waals surface area contributed by atoms with Gasteiger partial charge < -0.3 is 0 Å². The van der Waals surface area contributed by atoms with Gasteiger partial charge in [-0.2, -0.15) is 0 Å². The van der Waals surface area contributed by atoms with Crippen LogP contribution in [0.15, 0.2) is 54.9 Å². The van der Waals surface area contributed by atoms with E-state index in [1.807, 2.05) is 12.1 Å². The minimum absolute atomic E-state index is 0.146. The molecule has 0 N–H and O–H groups in total. The van der Waals surface area contributed by atoms with Crippen LogP contribution in [-0.2, 0) is 6.42 Å². The molecule has 0 aromatic heterocycles. The lowest BCUT2D eigenvalue weighted by Gasteiger charge is -2.01. The zero-order chi connectivity index (χ0) is 13.4. The lowest BCUT2D eigenvalue weighted by molar-refractivity contribution is 0.615. The van der Waals surface area contributed by atoms with Crippen molar-refractivity contribution in [1.82, 2.24) is 0 Å². The van der Waals surface area contributed by atoms with Crippen molar-refractivity contribution < 1.29 is 8.78 Å². The lowest BCUT2D eigenvalue weighted by atomic mass is 10.1.